The third-order valence-electron chi connectivity index (χ3n) is 5.17. The maximum absolute atomic E-state index is 12.9. The Labute approximate surface area is 174 Å². The van der Waals surface area contributed by atoms with Gasteiger partial charge in [0.25, 0.3) is 5.56 Å². The van der Waals surface area contributed by atoms with Crippen LogP contribution in [0.4, 0.5) is 0 Å². The molecule has 0 aliphatic carbocycles. The van der Waals surface area contributed by atoms with E-state index in [2.05, 4.69) is 5.10 Å². The molecule has 1 aromatic heterocycles. The monoisotopic (exact) mass is 432 g/mol. The molecule has 0 N–H and O–H groups in total. The van der Waals surface area contributed by atoms with Gasteiger partial charge in [-0.15, -0.1) is 0 Å². The van der Waals surface area contributed by atoms with Gasteiger partial charge < -0.3 is 0 Å². The van der Waals surface area contributed by atoms with E-state index in [4.69, 9.17) is 11.6 Å². The zero-order valence-corrected chi connectivity index (χ0v) is 17.5. The van der Waals surface area contributed by atoms with Crippen molar-refractivity contribution in [3.63, 3.8) is 0 Å². The first-order chi connectivity index (χ1) is 13.9. The second-order valence-electron chi connectivity index (χ2n) is 7.03. The summed E-state index contributed by atoms with van der Waals surface area (Å²) in [6.45, 7) is 3.87. The maximum Gasteiger partial charge on any atom is 0.275 e. The lowest BCUT2D eigenvalue weighted by Crippen LogP contribution is -2.49. The largest absolute Gasteiger partial charge is 0.282 e. The number of rotatable bonds is 4. The topological polar surface area (TPSA) is 75.5 Å². The van der Waals surface area contributed by atoms with E-state index >= 15 is 0 Å². The number of piperazine rings is 1. The smallest absolute Gasteiger partial charge is 0.275 e. The summed E-state index contributed by atoms with van der Waals surface area (Å²) in [6, 6.07) is 13.9. The van der Waals surface area contributed by atoms with Gasteiger partial charge >= 0.3 is 0 Å². The fraction of sp³-hybridized carbons (Fsp3) is 0.300. The summed E-state index contributed by atoms with van der Waals surface area (Å²) >= 11 is 6.08. The minimum absolute atomic E-state index is 0.123. The minimum atomic E-state index is -3.64. The molecule has 0 bridgehead atoms. The van der Waals surface area contributed by atoms with Gasteiger partial charge in [-0.1, -0.05) is 41.9 Å². The van der Waals surface area contributed by atoms with E-state index in [1.807, 2.05) is 30.0 Å². The number of hydrogen-bond acceptors (Lipinski definition) is 5. The molecule has 4 rings (SSSR count). The van der Waals surface area contributed by atoms with Crippen molar-refractivity contribution in [2.24, 2.45) is 0 Å². The molecule has 1 aliphatic heterocycles. The number of aryl methyl sites for hydroxylation is 1. The van der Waals surface area contributed by atoms with Crippen LogP contribution in [0.3, 0.4) is 0 Å². The van der Waals surface area contributed by atoms with Crippen LogP contribution in [0, 0.1) is 6.92 Å². The van der Waals surface area contributed by atoms with Crippen LogP contribution < -0.4 is 5.56 Å². The Morgan fingerprint density at radius 1 is 0.966 bits per heavy atom. The molecule has 0 radical (unpaired) electrons. The molecule has 1 fully saturated rings. The molecule has 152 valence electrons. The summed E-state index contributed by atoms with van der Waals surface area (Å²) in [7, 11) is -3.64. The summed E-state index contributed by atoms with van der Waals surface area (Å²) in [4.78, 5) is 14.9. The Kier molecular flexibility index (Phi) is 5.44. The highest BCUT2D eigenvalue weighted by molar-refractivity contribution is 7.89. The number of nitrogens with zero attached hydrogens (tertiary/aromatic N) is 4. The van der Waals surface area contributed by atoms with Gasteiger partial charge in [-0.05, 0) is 25.1 Å². The van der Waals surface area contributed by atoms with Gasteiger partial charge in [-0.25, -0.2) is 13.1 Å². The average molecular weight is 433 g/mol. The van der Waals surface area contributed by atoms with E-state index < -0.39 is 10.0 Å². The van der Waals surface area contributed by atoms with Crippen LogP contribution in [0.25, 0.3) is 10.8 Å². The van der Waals surface area contributed by atoms with Crippen LogP contribution in [0.15, 0.2) is 58.2 Å². The summed E-state index contributed by atoms with van der Waals surface area (Å²) in [6.07, 6.45) is 0. The molecule has 1 aliphatic rings. The highest BCUT2D eigenvalue weighted by Gasteiger charge is 2.30. The fourth-order valence-corrected chi connectivity index (χ4v) is 5.51. The van der Waals surface area contributed by atoms with Gasteiger partial charge in [0.05, 0.1) is 22.8 Å². The molecule has 0 spiro atoms. The Morgan fingerprint density at radius 3 is 2.28 bits per heavy atom. The number of sulfonamides is 1. The Hall–Kier alpha value is -2.26. The van der Waals surface area contributed by atoms with Gasteiger partial charge in [-0.3, -0.25) is 9.69 Å². The third kappa shape index (κ3) is 3.81. The van der Waals surface area contributed by atoms with Crippen LogP contribution in [0.2, 0.25) is 5.02 Å². The van der Waals surface area contributed by atoms with Crippen LogP contribution in [-0.4, -0.2) is 53.6 Å². The Balaban J connectivity index is 1.50. The third-order valence-corrected chi connectivity index (χ3v) is 7.57. The van der Waals surface area contributed by atoms with Gasteiger partial charge in [0.15, 0.2) is 0 Å². The molecule has 0 saturated carbocycles. The summed E-state index contributed by atoms with van der Waals surface area (Å²) in [5, 5.41) is 6.14. The standard InChI is InChI=1S/C20H21ClN4O3S/c1-15-16-6-2-3-7-17(16)20(26)25(22-15)14-23-10-12-24(13-11-23)29(27,28)19-9-5-4-8-18(19)21/h2-9H,10-14H2,1H3. The predicted molar refractivity (Wildman–Crippen MR) is 113 cm³/mol. The predicted octanol–water partition coefficient (Wildman–Crippen LogP) is 2.32. The van der Waals surface area contributed by atoms with E-state index in [0.717, 1.165) is 11.1 Å². The molecule has 0 amide bonds. The number of benzene rings is 2. The van der Waals surface area contributed by atoms with E-state index in [1.54, 1.807) is 24.3 Å². The van der Waals surface area contributed by atoms with Crippen LogP contribution in [0.1, 0.15) is 5.69 Å². The molecule has 0 atom stereocenters. The van der Waals surface area contributed by atoms with Gasteiger partial charge in [0, 0.05) is 31.6 Å². The summed E-state index contributed by atoms with van der Waals surface area (Å²) < 4.78 is 28.6. The lowest BCUT2D eigenvalue weighted by molar-refractivity contribution is 0.143. The van der Waals surface area contributed by atoms with Crippen LogP contribution in [-0.2, 0) is 16.7 Å². The van der Waals surface area contributed by atoms with E-state index in [-0.39, 0.29) is 15.5 Å². The molecule has 29 heavy (non-hydrogen) atoms. The van der Waals surface area contributed by atoms with E-state index in [1.165, 1.54) is 15.1 Å². The van der Waals surface area contributed by atoms with Crippen molar-refractivity contribution in [1.82, 2.24) is 19.0 Å². The van der Waals surface area contributed by atoms with Crippen molar-refractivity contribution in [3.05, 3.63) is 69.6 Å². The molecule has 2 aromatic carbocycles. The lowest BCUT2D eigenvalue weighted by Gasteiger charge is -2.34. The van der Waals surface area contributed by atoms with Gasteiger partial charge in [-0.2, -0.15) is 9.40 Å². The van der Waals surface area contributed by atoms with Crippen molar-refractivity contribution in [2.75, 3.05) is 26.2 Å². The van der Waals surface area contributed by atoms with Crippen molar-refractivity contribution in [1.29, 1.82) is 0 Å². The fourth-order valence-electron chi connectivity index (χ4n) is 3.59. The first-order valence-corrected chi connectivity index (χ1v) is 11.1. The zero-order chi connectivity index (χ0) is 20.6. The van der Waals surface area contributed by atoms with Crippen molar-refractivity contribution in [3.8, 4) is 0 Å². The van der Waals surface area contributed by atoms with Crippen LogP contribution in [0.5, 0.6) is 0 Å². The maximum atomic E-state index is 12.9. The van der Waals surface area contributed by atoms with Gasteiger partial charge in [0.2, 0.25) is 10.0 Å². The lowest BCUT2D eigenvalue weighted by atomic mass is 10.1. The molecule has 2 heterocycles. The number of halogens is 1. The number of hydrogen-bond donors (Lipinski definition) is 0. The summed E-state index contributed by atoms with van der Waals surface area (Å²) in [5.41, 5.74) is 0.650. The first-order valence-electron chi connectivity index (χ1n) is 9.31. The molecule has 0 unspecified atom stereocenters. The minimum Gasteiger partial charge on any atom is -0.282 e. The molecule has 1 saturated heterocycles. The molecular formula is C20H21ClN4O3S. The molecule has 9 heteroatoms. The number of fused-ring (bicyclic) bond motifs is 1. The van der Waals surface area contributed by atoms with Gasteiger partial charge in [0.1, 0.15) is 4.90 Å². The second-order valence-corrected chi connectivity index (χ2v) is 9.34. The highest BCUT2D eigenvalue weighted by atomic mass is 35.5. The summed E-state index contributed by atoms with van der Waals surface area (Å²) in [5.74, 6) is 0. The van der Waals surface area contributed by atoms with Crippen molar-refractivity contribution >= 4 is 32.4 Å². The highest BCUT2D eigenvalue weighted by Crippen LogP contribution is 2.25. The van der Waals surface area contributed by atoms with E-state index in [9.17, 15) is 13.2 Å². The molecule has 7 nitrogen and oxygen atoms in total. The average Bonchev–Trinajstić information content (AvgIpc) is 2.72. The Morgan fingerprint density at radius 2 is 1.59 bits per heavy atom. The Bertz CT molecular complexity index is 1220. The second kappa shape index (κ2) is 7.87. The normalized spacial score (nSPS) is 16.3. The first kappa shape index (κ1) is 20.0. The molecular weight excluding hydrogens is 412 g/mol. The quantitative estimate of drug-likeness (QED) is 0.632. The van der Waals surface area contributed by atoms with E-state index in [0.29, 0.717) is 38.2 Å². The van der Waals surface area contributed by atoms with Crippen LogP contribution >= 0.6 is 11.6 Å². The van der Waals surface area contributed by atoms with Crippen molar-refractivity contribution < 1.29 is 8.42 Å². The van der Waals surface area contributed by atoms with Crippen molar-refractivity contribution in [2.45, 2.75) is 18.5 Å². The zero-order valence-electron chi connectivity index (χ0n) is 16.0. The SMILES string of the molecule is Cc1nn(CN2CCN(S(=O)(=O)c3ccccc3Cl)CC2)c(=O)c2ccccc12. The number of aromatic nitrogens is 2. The molecule has 3 aromatic rings.